The fraction of sp³-hybridized carbons (Fsp3) is 0.571. The molecule has 5 nitrogen and oxygen atoms in total. The summed E-state index contributed by atoms with van der Waals surface area (Å²) < 4.78 is 4.91. The Morgan fingerprint density at radius 1 is 1.67 bits per heavy atom. The van der Waals surface area contributed by atoms with Gasteiger partial charge in [0.15, 0.2) is 0 Å². The third kappa shape index (κ3) is 1.88. The highest BCUT2D eigenvalue weighted by molar-refractivity contribution is 5.60. The van der Waals surface area contributed by atoms with E-state index in [0.29, 0.717) is 18.1 Å². The number of nitrogens with two attached hydrogens (primary N) is 2. The van der Waals surface area contributed by atoms with E-state index in [-0.39, 0.29) is 6.04 Å². The van der Waals surface area contributed by atoms with Gasteiger partial charge < -0.3 is 21.5 Å². The van der Waals surface area contributed by atoms with E-state index >= 15 is 0 Å². The van der Waals surface area contributed by atoms with Gasteiger partial charge in [-0.2, -0.15) is 0 Å². The lowest BCUT2D eigenvalue weighted by molar-refractivity contribution is 0.191. The van der Waals surface area contributed by atoms with Crippen LogP contribution in [0.5, 0.6) is 0 Å². The Labute approximate surface area is 71.5 Å². The van der Waals surface area contributed by atoms with Crippen LogP contribution in [0.4, 0.5) is 0 Å². The Hall–Kier alpha value is -1.23. The lowest BCUT2D eigenvalue weighted by atomic mass is 10.1. The van der Waals surface area contributed by atoms with E-state index in [1.165, 1.54) is 0 Å². The quantitative estimate of drug-likeness (QED) is 0.513. The van der Waals surface area contributed by atoms with Crippen molar-refractivity contribution in [2.45, 2.75) is 12.5 Å². The number of hydrogen-bond acceptors (Lipinski definition) is 5. The van der Waals surface area contributed by atoms with E-state index in [0.717, 1.165) is 6.42 Å². The monoisotopic (exact) mass is 170 g/mol. The predicted octanol–water partition coefficient (Wildman–Crippen LogP) is -0.890. The first-order valence-electron chi connectivity index (χ1n) is 3.78. The highest BCUT2D eigenvalue weighted by Gasteiger charge is 2.15. The van der Waals surface area contributed by atoms with Crippen LogP contribution in [0.2, 0.25) is 0 Å². The van der Waals surface area contributed by atoms with Crippen LogP contribution in [0.15, 0.2) is 16.5 Å². The molecule has 0 aromatic heterocycles. The largest absolute Gasteiger partial charge is 0.397 e. The van der Waals surface area contributed by atoms with Crippen LogP contribution in [0.25, 0.3) is 0 Å². The zero-order chi connectivity index (χ0) is 8.97. The number of methoxy groups -OCH3 is 1. The molecule has 1 rings (SSSR count). The van der Waals surface area contributed by atoms with Gasteiger partial charge in [0.05, 0.1) is 18.1 Å². The summed E-state index contributed by atoms with van der Waals surface area (Å²) in [6, 6.07) is -0.0359. The summed E-state index contributed by atoms with van der Waals surface area (Å²) >= 11 is 0. The first kappa shape index (κ1) is 8.86. The van der Waals surface area contributed by atoms with Crippen LogP contribution in [-0.4, -0.2) is 26.1 Å². The van der Waals surface area contributed by atoms with Crippen molar-refractivity contribution in [3.05, 3.63) is 11.5 Å². The third-order valence-corrected chi connectivity index (χ3v) is 1.74. The lowest BCUT2D eigenvalue weighted by Crippen LogP contribution is -2.34. The van der Waals surface area contributed by atoms with Crippen molar-refractivity contribution in [1.29, 1.82) is 0 Å². The fourth-order valence-electron chi connectivity index (χ4n) is 0.999. The van der Waals surface area contributed by atoms with E-state index in [1.54, 1.807) is 13.4 Å². The molecule has 0 aromatic carbocycles. The summed E-state index contributed by atoms with van der Waals surface area (Å²) in [6.07, 6.45) is 2.33. The number of aliphatic imine (C=N–C) groups is 1. The predicted molar refractivity (Wildman–Crippen MR) is 47.3 cm³/mol. The average molecular weight is 170 g/mol. The molecule has 0 radical (unpaired) electrons. The lowest BCUT2D eigenvalue weighted by Gasteiger charge is -2.18. The van der Waals surface area contributed by atoms with E-state index < -0.39 is 0 Å². The Morgan fingerprint density at radius 3 is 3.08 bits per heavy atom. The normalized spacial score (nSPS) is 22.6. The molecular weight excluding hydrogens is 156 g/mol. The van der Waals surface area contributed by atoms with Crippen LogP contribution < -0.4 is 16.8 Å². The summed E-state index contributed by atoms with van der Waals surface area (Å²) in [6.45, 7) is 0.635. The summed E-state index contributed by atoms with van der Waals surface area (Å²) in [7, 11) is 1.65. The molecule has 5 heteroatoms. The van der Waals surface area contributed by atoms with Crippen LogP contribution in [-0.2, 0) is 4.74 Å². The highest BCUT2D eigenvalue weighted by atomic mass is 16.5. The molecule has 0 aliphatic carbocycles. The standard InChI is InChI=1S/C7H14N4O/c1-12-3-2-5-6(8)7(9)11-4-10-5/h4-5H,2-3,8-9H2,1H3,(H,10,11). The third-order valence-electron chi connectivity index (χ3n) is 1.74. The van der Waals surface area contributed by atoms with Gasteiger partial charge in [-0.3, -0.25) is 4.99 Å². The second kappa shape index (κ2) is 3.96. The molecule has 1 aliphatic rings. The van der Waals surface area contributed by atoms with Gasteiger partial charge in [-0.15, -0.1) is 0 Å². The van der Waals surface area contributed by atoms with Gasteiger partial charge in [0.1, 0.15) is 5.82 Å². The number of nitrogens with zero attached hydrogens (tertiary/aromatic N) is 1. The molecule has 1 atom stereocenters. The van der Waals surface area contributed by atoms with Crippen molar-refractivity contribution in [3.8, 4) is 0 Å². The second-order valence-corrected chi connectivity index (χ2v) is 2.59. The van der Waals surface area contributed by atoms with Crippen molar-refractivity contribution in [3.63, 3.8) is 0 Å². The zero-order valence-electron chi connectivity index (χ0n) is 7.08. The number of hydrogen-bond donors (Lipinski definition) is 3. The molecule has 0 fully saturated rings. The Morgan fingerprint density at radius 2 is 2.42 bits per heavy atom. The first-order valence-corrected chi connectivity index (χ1v) is 3.78. The van der Waals surface area contributed by atoms with Crippen molar-refractivity contribution in [2.24, 2.45) is 16.5 Å². The summed E-state index contributed by atoms with van der Waals surface area (Å²) in [5, 5.41) is 2.74. The minimum atomic E-state index is -0.0359. The summed E-state index contributed by atoms with van der Waals surface area (Å²) in [5.74, 6) is 0.492. The van der Waals surface area contributed by atoms with Gasteiger partial charge >= 0.3 is 0 Å². The molecular formula is C7H14N4O. The first-order chi connectivity index (χ1) is 5.75. The van der Waals surface area contributed by atoms with Gasteiger partial charge in [0.25, 0.3) is 0 Å². The second-order valence-electron chi connectivity index (χ2n) is 2.59. The Balaban J connectivity index is 2.52. The molecule has 1 aliphatic heterocycles. The summed E-state index contributed by atoms with van der Waals surface area (Å²) in [5.41, 5.74) is 11.8. The molecule has 1 unspecified atom stereocenters. The number of ether oxygens (including phenoxy) is 1. The van der Waals surface area contributed by atoms with E-state index in [4.69, 9.17) is 16.2 Å². The van der Waals surface area contributed by atoms with E-state index in [2.05, 4.69) is 10.3 Å². The molecule has 12 heavy (non-hydrogen) atoms. The van der Waals surface area contributed by atoms with Crippen LogP contribution in [0, 0.1) is 0 Å². The van der Waals surface area contributed by atoms with Crippen LogP contribution in [0.3, 0.4) is 0 Å². The van der Waals surface area contributed by atoms with E-state index in [9.17, 15) is 0 Å². The maximum Gasteiger partial charge on any atom is 0.123 e. The Kier molecular flexibility index (Phi) is 2.93. The van der Waals surface area contributed by atoms with Crippen molar-refractivity contribution in [1.82, 2.24) is 5.32 Å². The minimum absolute atomic E-state index is 0.0359. The van der Waals surface area contributed by atoms with Gasteiger partial charge in [-0.1, -0.05) is 0 Å². The van der Waals surface area contributed by atoms with Gasteiger partial charge in [0.2, 0.25) is 0 Å². The molecule has 0 amide bonds. The minimum Gasteiger partial charge on any atom is -0.397 e. The van der Waals surface area contributed by atoms with Crippen molar-refractivity contribution < 1.29 is 4.74 Å². The van der Waals surface area contributed by atoms with Gasteiger partial charge in [-0.05, 0) is 6.42 Å². The smallest absolute Gasteiger partial charge is 0.123 e. The van der Waals surface area contributed by atoms with Gasteiger partial charge in [-0.25, -0.2) is 0 Å². The SMILES string of the molecule is COCCC1N=CNC(N)=C1N. The molecule has 68 valence electrons. The molecule has 1 heterocycles. The highest BCUT2D eigenvalue weighted by Crippen LogP contribution is 2.09. The van der Waals surface area contributed by atoms with Gasteiger partial charge in [0, 0.05) is 13.7 Å². The maximum absolute atomic E-state index is 5.69. The Bertz CT molecular complexity index is 211. The average Bonchev–Trinajstić information content (AvgIpc) is 2.08. The topological polar surface area (TPSA) is 85.7 Å². The van der Waals surface area contributed by atoms with E-state index in [1.807, 2.05) is 0 Å². The van der Waals surface area contributed by atoms with Crippen molar-refractivity contribution in [2.75, 3.05) is 13.7 Å². The number of rotatable bonds is 3. The molecule has 0 aromatic rings. The maximum atomic E-state index is 5.69. The van der Waals surface area contributed by atoms with Crippen molar-refractivity contribution >= 4 is 6.34 Å². The summed E-state index contributed by atoms with van der Waals surface area (Å²) in [4.78, 5) is 4.12. The molecule has 0 spiro atoms. The molecule has 0 saturated carbocycles. The van der Waals surface area contributed by atoms with Crippen LogP contribution in [0.1, 0.15) is 6.42 Å². The zero-order valence-corrected chi connectivity index (χ0v) is 7.08. The number of nitrogens with one attached hydrogen (secondary N) is 1. The van der Waals surface area contributed by atoms with Crippen LogP contribution >= 0.6 is 0 Å². The molecule has 0 bridgehead atoms. The molecule has 5 N–H and O–H groups in total. The fourth-order valence-corrected chi connectivity index (χ4v) is 0.999. The molecule has 0 saturated heterocycles.